The van der Waals surface area contributed by atoms with Crippen LogP contribution in [0, 0.1) is 5.92 Å². The van der Waals surface area contributed by atoms with Crippen molar-refractivity contribution in [2.24, 2.45) is 5.92 Å². The summed E-state index contributed by atoms with van der Waals surface area (Å²) >= 11 is 0. The fraction of sp³-hybridized carbons (Fsp3) is 0.348. The molecule has 0 atom stereocenters. The van der Waals surface area contributed by atoms with Gasteiger partial charge in [0.15, 0.2) is 11.6 Å². The fourth-order valence-electron chi connectivity index (χ4n) is 3.85. The van der Waals surface area contributed by atoms with Gasteiger partial charge in [0, 0.05) is 31.3 Å². The van der Waals surface area contributed by atoms with Crippen molar-refractivity contribution in [3.63, 3.8) is 0 Å². The van der Waals surface area contributed by atoms with E-state index in [1.165, 1.54) is 17.8 Å². The highest BCUT2D eigenvalue weighted by molar-refractivity contribution is 6.01. The van der Waals surface area contributed by atoms with Crippen LogP contribution < -0.4 is 5.32 Å². The molecule has 1 fully saturated rings. The number of esters is 1. The molecule has 2 amide bonds. The molecule has 1 aliphatic rings. The molecule has 0 unspecified atom stereocenters. The summed E-state index contributed by atoms with van der Waals surface area (Å²) in [4.78, 5) is 43.5. The van der Waals surface area contributed by atoms with Crippen LogP contribution in [0.5, 0.6) is 0 Å². The van der Waals surface area contributed by atoms with Crippen LogP contribution in [-0.4, -0.2) is 57.1 Å². The zero-order valence-corrected chi connectivity index (χ0v) is 18.1. The second kappa shape index (κ2) is 9.17. The number of amides is 2. The molecule has 9 nitrogen and oxygen atoms in total. The summed E-state index contributed by atoms with van der Waals surface area (Å²) in [5.41, 5.74) is 0.934. The maximum absolute atomic E-state index is 13.0. The fourth-order valence-corrected chi connectivity index (χ4v) is 3.85. The van der Waals surface area contributed by atoms with Crippen molar-refractivity contribution in [1.82, 2.24) is 19.7 Å². The maximum atomic E-state index is 13.0. The SMILES string of the molecule is CCOC(=O)c1cnn(-c2ccc3ccccc3n2)c1NC(=O)C1CCN(C(C)=O)CC1. The molecule has 1 N–H and O–H groups in total. The van der Waals surface area contributed by atoms with E-state index in [1.54, 1.807) is 17.9 Å². The standard InChI is InChI=1S/C23H25N5O4/c1-3-32-23(31)18-14-24-28(20-9-8-16-6-4-5-7-19(16)25-20)21(18)26-22(30)17-10-12-27(13-11-17)15(2)29/h4-9,14,17H,3,10-13H2,1-2H3,(H,26,30). The van der Waals surface area contributed by atoms with Crippen molar-refractivity contribution < 1.29 is 19.1 Å². The molecule has 2 aromatic heterocycles. The number of nitrogens with zero attached hydrogens (tertiary/aromatic N) is 4. The van der Waals surface area contributed by atoms with Gasteiger partial charge in [-0.05, 0) is 38.0 Å². The number of rotatable bonds is 5. The number of pyridine rings is 1. The molecule has 0 aliphatic carbocycles. The lowest BCUT2D eigenvalue weighted by Gasteiger charge is -2.30. The number of carbonyl (C=O) groups excluding carboxylic acids is 3. The van der Waals surface area contributed by atoms with Crippen molar-refractivity contribution >= 4 is 34.5 Å². The number of nitrogens with one attached hydrogen (secondary N) is 1. The molecule has 0 spiro atoms. The minimum Gasteiger partial charge on any atom is -0.462 e. The summed E-state index contributed by atoms with van der Waals surface area (Å²) in [6, 6.07) is 11.4. The van der Waals surface area contributed by atoms with Gasteiger partial charge >= 0.3 is 5.97 Å². The Bertz CT molecular complexity index is 1160. The van der Waals surface area contributed by atoms with Gasteiger partial charge in [-0.15, -0.1) is 0 Å². The molecule has 32 heavy (non-hydrogen) atoms. The number of piperidine rings is 1. The van der Waals surface area contributed by atoms with E-state index in [2.05, 4.69) is 15.4 Å². The summed E-state index contributed by atoms with van der Waals surface area (Å²) in [5.74, 6) is -0.351. The number of likely N-dealkylation sites (tertiary alicyclic amines) is 1. The van der Waals surface area contributed by atoms with Crippen molar-refractivity contribution in [3.05, 3.63) is 48.2 Å². The normalized spacial score (nSPS) is 14.4. The first-order valence-corrected chi connectivity index (χ1v) is 10.7. The van der Waals surface area contributed by atoms with Gasteiger partial charge in [-0.2, -0.15) is 9.78 Å². The van der Waals surface area contributed by atoms with E-state index >= 15 is 0 Å². The lowest BCUT2D eigenvalue weighted by molar-refractivity contribution is -0.132. The molecule has 4 rings (SSSR count). The molecular formula is C23H25N5O4. The van der Waals surface area contributed by atoms with Crippen molar-refractivity contribution in [1.29, 1.82) is 0 Å². The van der Waals surface area contributed by atoms with E-state index in [4.69, 9.17) is 4.74 Å². The van der Waals surface area contributed by atoms with Crippen molar-refractivity contribution in [2.45, 2.75) is 26.7 Å². The third kappa shape index (κ3) is 4.32. The molecule has 0 saturated carbocycles. The zero-order chi connectivity index (χ0) is 22.7. The van der Waals surface area contributed by atoms with E-state index in [0.717, 1.165) is 10.9 Å². The predicted molar refractivity (Wildman–Crippen MR) is 118 cm³/mol. The summed E-state index contributed by atoms with van der Waals surface area (Å²) < 4.78 is 6.59. The van der Waals surface area contributed by atoms with E-state index in [0.29, 0.717) is 31.7 Å². The lowest BCUT2D eigenvalue weighted by Crippen LogP contribution is -2.40. The third-order valence-electron chi connectivity index (χ3n) is 5.62. The topological polar surface area (TPSA) is 106 Å². The number of benzene rings is 1. The molecule has 1 saturated heterocycles. The highest BCUT2D eigenvalue weighted by Crippen LogP contribution is 2.25. The summed E-state index contributed by atoms with van der Waals surface area (Å²) in [5, 5.41) is 8.16. The maximum Gasteiger partial charge on any atom is 0.343 e. The minimum absolute atomic E-state index is 0.00825. The molecule has 9 heteroatoms. The Morgan fingerprint density at radius 3 is 2.59 bits per heavy atom. The number of para-hydroxylation sites is 1. The Morgan fingerprint density at radius 2 is 1.88 bits per heavy atom. The molecule has 1 aromatic carbocycles. The molecule has 1 aliphatic heterocycles. The molecule has 0 radical (unpaired) electrons. The van der Waals surface area contributed by atoms with Gasteiger partial charge in [0.1, 0.15) is 5.56 Å². The van der Waals surface area contributed by atoms with E-state index < -0.39 is 5.97 Å². The van der Waals surface area contributed by atoms with E-state index in [1.807, 2.05) is 30.3 Å². The number of anilines is 1. The summed E-state index contributed by atoms with van der Waals surface area (Å²) in [6.07, 6.45) is 2.49. The number of hydrogen-bond donors (Lipinski definition) is 1. The van der Waals surface area contributed by atoms with Crippen LogP contribution in [0.3, 0.4) is 0 Å². The highest BCUT2D eigenvalue weighted by Gasteiger charge is 2.29. The van der Waals surface area contributed by atoms with Crippen LogP contribution in [-0.2, 0) is 14.3 Å². The van der Waals surface area contributed by atoms with Gasteiger partial charge in [-0.1, -0.05) is 18.2 Å². The van der Waals surface area contributed by atoms with Crippen LogP contribution in [0.2, 0.25) is 0 Å². The number of aromatic nitrogens is 3. The first kappa shape index (κ1) is 21.5. The Labute approximate surface area is 185 Å². The van der Waals surface area contributed by atoms with E-state index in [-0.39, 0.29) is 35.7 Å². The van der Waals surface area contributed by atoms with Gasteiger partial charge in [-0.3, -0.25) is 9.59 Å². The number of ether oxygens (including phenoxy) is 1. The Morgan fingerprint density at radius 1 is 1.12 bits per heavy atom. The first-order chi connectivity index (χ1) is 15.5. The van der Waals surface area contributed by atoms with Crippen LogP contribution in [0.25, 0.3) is 16.7 Å². The van der Waals surface area contributed by atoms with Crippen molar-refractivity contribution in [2.75, 3.05) is 25.0 Å². The highest BCUT2D eigenvalue weighted by atomic mass is 16.5. The number of fused-ring (bicyclic) bond motifs is 1. The number of carbonyl (C=O) groups is 3. The second-order valence-corrected chi connectivity index (χ2v) is 7.67. The Kier molecular flexibility index (Phi) is 6.16. The Hall–Kier alpha value is -3.75. The number of hydrogen-bond acceptors (Lipinski definition) is 6. The summed E-state index contributed by atoms with van der Waals surface area (Å²) in [6.45, 7) is 4.51. The smallest absolute Gasteiger partial charge is 0.343 e. The monoisotopic (exact) mass is 435 g/mol. The molecule has 0 bridgehead atoms. The predicted octanol–water partition coefficient (Wildman–Crippen LogP) is 2.79. The molecule has 3 aromatic rings. The lowest BCUT2D eigenvalue weighted by atomic mass is 9.96. The van der Waals surface area contributed by atoms with E-state index in [9.17, 15) is 14.4 Å². The largest absolute Gasteiger partial charge is 0.462 e. The van der Waals surface area contributed by atoms with Gasteiger partial charge in [0.25, 0.3) is 0 Å². The average Bonchev–Trinajstić information content (AvgIpc) is 3.22. The van der Waals surface area contributed by atoms with Gasteiger partial charge < -0.3 is 15.0 Å². The molecular weight excluding hydrogens is 410 g/mol. The van der Waals surface area contributed by atoms with Crippen LogP contribution in [0.15, 0.2) is 42.6 Å². The second-order valence-electron chi connectivity index (χ2n) is 7.67. The third-order valence-corrected chi connectivity index (χ3v) is 5.62. The van der Waals surface area contributed by atoms with Gasteiger partial charge in [0.2, 0.25) is 11.8 Å². The van der Waals surface area contributed by atoms with Crippen molar-refractivity contribution in [3.8, 4) is 5.82 Å². The minimum atomic E-state index is -0.568. The molecule has 166 valence electrons. The first-order valence-electron chi connectivity index (χ1n) is 10.7. The summed E-state index contributed by atoms with van der Waals surface area (Å²) in [7, 11) is 0. The van der Waals surface area contributed by atoms with Crippen LogP contribution in [0.4, 0.5) is 5.82 Å². The zero-order valence-electron chi connectivity index (χ0n) is 18.1. The average molecular weight is 435 g/mol. The van der Waals surface area contributed by atoms with Crippen LogP contribution in [0.1, 0.15) is 37.0 Å². The van der Waals surface area contributed by atoms with Gasteiger partial charge in [-0.25, -0.2) is 9.78 Å². The quantitative estimate of drug-likeness (QED) is 0.618. The molecule has 3 heterocycles. The van der Waals surface area contributed by atoms with Gasteiger partial charge in [0.05, 0.1) is 18.3 Å². The van der Waals surface area contributed by atoms with Crippen LogP contribution >= 0.6 is 0 Å². The Balaban J connectivity index is 1.64.